The molecule has 0 N–H and O–H groups in total. The zero-order valence-corrected chi connectivity index (χ0v) is 6.92. The van der Waals surface area contributed by atoms with Gasteiger partial charge in [-0.05, 0) is 25.7 Å². The highest BCUT2D eigenvalue weighted by molar-refractivity contribution is 5.75. The topological polar surface area (TPSA) is 17.1 Å². The van der Waals surface area contributed by atoms with E-state index in [4.69, 9.17) is 0 Å². The average Bonchev–Trinajstić information content (AvgIpc) is 2.03. The van der Waals surface area contributed by atoms with Crippen LogP contribution in [0.2, 0.25) is 0 Å². The number of hydrogen-bond donors (Lipinski definition) is 0. The molecule has 0 aromatic heterocycles. The van der Waals surface area contributed by atoms with Crippen LogP contribution in [0.4, 0.5) is 0 Å². The van der Waals surface area contributed by atoms with Gasteiger partial charge in [0.05, 0.1) is 0 Å². The number of rotatable bonds is 3. The molecular weight excluding hydrogens is 136 g/mol. The number of carbonyl (C=O) groups is 1. The Hall–Kier alpha value is -0.850. The molecule has 0 fully saturated rings. The van der Waals surface area contributed by atoms with Crippen LogP contribution in [0.15, 0.2) is 24.3 Å². The minimum Gasteiger partial charge on any atom is -0.300 e. The summed E-state index contributed by atoms with van der Waals surface area (Å²) in [6.45, 7) is 1.66. The van der Waals surface area contributed by atoms with E-state index in [2.05, 4.69) is 24.3 Å². The first-order valence-electron chi connectivity index (χ1n) is 4.12. The van der Waals surface area contributed by atoms with Gasteiger partial charge in [-0.1, -0.05) is 24.3 Å². The van der Waals surface area contributed by atoms with Crippen LogP contribution in [0, 0.1) is 5.92 Å². The SMILES string of the molecule is CC(=O)CCC1C=CC=CC1. The van der Waals surface area contributed by atoms with E-state index in [0.29, 0.717) is 11.7 Å². The largest absolute Gasteiger partial charge is 0.300 e. The van der Waals surface area contributed by atoms with Gasteiger partial charge in [0, 0.05) is 6.42 Å². The number of ketones is 1. The molecule has 0 bridgehead atoms. The molecule has 0 saturated carbocycles. The second kappa shape index (κ2) is 4.12. The van der Waals surface area contributed by atoms with E-state index in [1.165, 1.54) is 0 Å². The Balaban J connectivity index is 2.22. The first-order chi connectivity index (χ1) is 5.29. The summed E-state index contributed by atoms with van der Waals surface area (Å²) in [5.41, 5.74) is 0. The van der Waals surface area contributed by atoms with E-state index in [-0.39, 0.29) is 0 Å². The number of Topliss-reactive ketones (excluding diaryl/α,β-unsaturated/α-hetero) is 1. The normalized spacial score (nSPS) is 22.1. The second-order valence-electron chi connectivity index (χ2n) is 3.05. The summed E-state index contributed by atoms with van der Waals surface area (Å²) in [4.78, 5) is 10.6. The molecule has 0 spiro atoms. The molecule has 1 nitrogen and oxygen atoms in total. The van der Waals surface area contributed by atoms with Crippen LogP contribution in [-0.2, 0) is 4.79 Å². The van der Waals surface area contributed by atoms with E-state index < -0.39 is 0 Å². The van der Waals surface area contributed by atoms with Crippen LogP contribution in [-0.4, -0.2) is 5.78 Å². The Kier molecular flexibility index (Phi) is 3.09. The van der Waals surface area contributed by atoms with Crippen molar-refractivity contribution in [3.63, 3.8) is 0 Å². The number of hydrogen-bond acceptors (Lipinski definition) is 1. The van der Waals surface area contributed by atoms with Crippen LogP contribution in [0.25, 0.3) is 0 Å². The van der Waals surface area contributed by atoms with Crippen molar-refractivity contribution < 1.29 is 4.79 Å². The lowest BCUT2D eigenvalue weighted by molar-refractivity contribution is -0.117. The van der Waals surface area contributed by atoms with Gasteiger partial charge in [-0.3, -0.25) is 0 Å². The Labute approximate surface area is 67.8 Å². The molecule has 1 aliphatic carbocycles. The summed E-state index contributed by atoms with van der Waals surface area (Å²) < 4.78 is 0. The fraction of sp³-hybridized carbons (Fsp3) is 0.500. The summed E-state index contributed by atoms with van der Waals surface area (Å²) in [5.74, 6) is 0.900. The Morgan fingerprint density at radius 3 is 2.91 bits per heavy atom. The standard InChI is InChI=1S/C10H14O/c1-9(11)7-8-10-5-3-2-4-6-10/h2-5,10H,6-8H2,1H3. The Bertz CT molecular complexity index is 189. The van der Waals surface area contributed by atoms with Crippen LogP contribution < -0.4 is 0 Å². The van der Waals surface area contributed by atoms with Crippen molar-refractivity contribution in [1.82, 2.24) is 0 Å². The van der Waals surface area contributed by atoms with Gasteiger partial charge in [0.15, 0.2) is 0 Å². The van der Waals surface area contributed by atoms with E-state index in [9.17, 15) is 4.79 Å². The molecule has 0 saturated heterocycles. The van der Waals surface area contributed by atoms with Crippen molar-refractivity contribution in [3.8, 4) is 0 Å². The monoisotopic (exact) mass is 150 g/mol. The van der Waals surface area contributed by atoms with E-state index in [1.807, 2.05) is 0 Å². The predicted molar refractivity (Wildman–Crippen MR) is 46.3 cm³/mol. The van der Waals surface area contributed by atoms with Crippen molar-refractivity contribution >= 4 is 5.78 Å². The first kappa shape index (κ1) is 8.25. The molecular formula is C10H14O. The van der Waals surface area contributed by atoms with Gasteiger partial charge in [0.25, 0.3) is 0 Å². The highest BCUT2D eigenvalue weighted by atomic mass is 16.1. The Morgan fingerprint density at radius 1 is 1.55 bits per heavy atom. The molecule has 0 aromatic carbocycles. The fourth-order valence-electron chi connectivity index (χ4n) is 1.23. The van der Waals surface area contributed by atoms with Crippen molar-refractivity contribution in [2.45, 2.75) is 26.2 Å². The van der Waals surface area contributed by atoms with Crippen molar-refractivity contribution in [3.05, 3.63) is 24.3 Å². The second-order valence-corrected chi connectivity index (χ2v) is 3.05. The first-order valence-corrected chi connectivity index (χ1v) is 4.12. The third-order valence-electron chi connectivity index (χ3n) is 1.94. The van der Waals surface area contributed by atoms with Gasteiger partial charge in [0.1, 0.15) is 5.78 Å². The van der Waals surface area contributed by atoms with Gasteiger partial charge in [-0.15, -0.1) is 0 Å². The number of allylic oxidation sites excluding steroid dienone is 4. The average molecular weight is 150 g/mol. The molecule has 1 atom stereocenters. The molecule has 0 radical (unpaired) electrons. The number of carbonyl (C=O) groups excluding carboxylic acids is 1. The third-order valence-corrected chi connectivity index (χ3v) is 1.94. The van der Waals surface area contributed by atoms with E-state index in [1.54, 1.807) is 6.92 Å². The molecule has 0 aromatic rings. The van der Waals surface area contributed by atoms with E-state index in [0.717, 1.165) is 19.3 Å². The molecule has 1 unspecified atom stereocenters. The lowest BCUT2D eigenvalue weighted by Gasteiger charge is -2.10. The molecule has 11 heavy (non-hydrogen) atoms. The molecule has 0 aliphatic heterocycles. The minimum atomic E-state index is 0.299. The molecule has 1 rings (SSSR count). The van der Waals surface area contributed by atoms with Crippen molar-refractivity contribution in [2.24, 2.45) is 5.92 Å². The molecule has 60 valence electrons. The maximum Gasteiger partial charge on any atom is 0.129 e. The van der Waals surface area contributed by atoms with Crippen LogP contribution in [0.1, 0.15) is 26.2 Å². The quantitative estimate of drug-likeness (QED) is 0.604. The lowest BCUT2D eigenvalue weighted by Crippen LogP contribution is -2.00. The summed E-state index contributed by atoms with van der Waals surface area (Å²) in [5, 5.41) is 0. The molecule has 0 heterocycles. The van der Waals surface area contributed by atoms with Gasteiger partial charge in [0.2, 0.25) is 0 Å². The smallest absolute Gasteiger partial charge is 0.129 e. The maximum absolute atomic E-state index is 10.6. The summed E-state index contributed by atoms with van der Waals surface area (Å²) in [6, 6.07) is 0. The molecule has 1 aliphatic rings. The Morgan fingerprint density at radius 2 is 2.36 bits per heavy atom. The van der Waals surface area contributed by atoms with Gasteiger partial charge in [-0.2, -0.15) is 0 Å². The molecule has 0 amide bonds. The van der Waals surface area contributed by atoms with Crippen LogP contribution >= 0.6 is 0 Å². The molecule has 1 heteroatoms. The summed E-state index contributed by atoms with van der Waals surface area (Å²) >= 11 is 0. The highest BCUT2D eigenvalue weighted by Crippen LogP contribution is 2.16. The fourth-order valence-corrected chi connectivity index (χ4v) is 1.23. The zero-order chi connectivity index (χ0) is 8.10. The maximum atomic E-state index is 10.6. The van der Waals surface area contributed by atoms with E-state index >= 15 is 0 Å². The van der Waals surface area contributed by atoms with Crippen molar-refractivity contribution in [1.29, 1.82) is 0 Å². The van der Waals surface area contributed by atoms with Gasteiger partial charge < -0.3 is 4.79 Å². The van der Waals surface area contributed by atoms with Crippen LogP contribution in [0.5, 0.6) is 0 Å². The van der Waals surface area contributed by atoms with Crippen molar-refractivity contribution in [2.75, 3.05) is 0 Å². The van der Waals surface area contributed by atoms with Gasteiger partial charge in [-0.25, -0.2) is 0 Å². The van der Waals surface area contributed by atoms with Gasteiger partial charge >= 0.3 is 0 Å². The zero-order valence-electron chi connectivity index (χ0n) is 6.92. The van der Waals surface area contributed by atoms with Crippen LogP contribution in [0.3, 0.4) is 0 Å². The minimum absolute atomic E-state index is 0.299. The lowest BCUT2D eigenvalue weighted by atomic mass is 9.95. The summed E-state index contributed by atoms with van der Waals surface area (Å²) in [6.07, 6.45) is 11.3. The third kappa shape index (κ3) is 3.17. The predicted octanol–water partition coefficient (Wildman–Crippen LogP) is 2.49. The highest BCUT2D eigenvalue weighted by Gasteiger charge is 2.05. The summed E-state index contributed by atoms with van der Waals surface area (Å²) in [7, 11) is 0.